The highest BCUT2D eigenvalue weighted by molar-refractivity contribution is 5.66. The van der Waals surface area contributed by atoms with Crippen LogP contribution in [0.4, 0.5) is 0 Å². The fraction of sp³-hybridized carbons (Fsp3) is 0.828. The van der Waals surface area contributed by atoms with Crippen LogP contribution < -0.4 is 0 Å². The third kappa shape index (κ3) is 4.18. The van der Waals surface area contributed by atoms with Crippen molar-refractivity contribution in [2.24, 2.45) is 34.5 Å². The monoisotopic (exact) mass is 426 g/mol. The van der Waals surface area contributed by atoms with E-state index in [9.17, 15) is 4.79 Å². The minimum absolute atomic E-state index is 0.0929. The van der Waals surface area contributed by atoms with Gasteiger partial charge in [0.25, 0.3) is 0 Å². The van der Waals surface area contributed by atoms with Crippen LogP contribution in [0.2, 0.25) is 0 Å². The molecule has 31 heavy (non-hydrogen) atoms. The van der Waals surface area contributed by atoms with Gasteiger partial charge in [0.15, 0.2) is 0 Å². The van der Waals surface area contributed by atoms with Gasteiger partial charge in [-0.3, -0.25) is 4.79 Å². The fourth-order valence-corrected chi connectivity index (χ4v) is 8.25. The van der Waals surface area contributed by atoms with Crippen molar-refractivity contribution >= 4 is 5.97 Å². The fourth-order valence-electron chi connectivity index (χ4n) is 8.25. The Morgan fingerprint density at radius 1 is 1.13 bits per heavy atom. The number of carbonyl (C=O) groups excluding carboxylic acids is 1. The van der Waals surface area contributed by atoms with E-state index in [-0.39, 0.29) is 17.5 Å². The second-order valence-corrected chi connectivity index (χ2v) is 12.3. The van der Waals surface area contributed by atoms with Gasteiger partial charge in [0.1, 0.15) is 6.10 Å². The van der Waals surface area contributed by atoms with Gasteiger partial charge in [0.2, 0.25) is 0 Å². The van der Waals surface area contributed by atoms with Crippen molar-refractivity contribution in [1.82, 2.24) is 0 Å². The summed E-state index contributed by atoms with van der Waals surface area (Å²) >= 11 is 0. The molecule has 0 amide bonds. The van der Waals surface area contributed by atoms with Crippen molar-refractivity contribution in [1.29, 1.82) is 0 Å². The number of carbonyl (C=O) groups is 1. The van der Waals surface area contributed by atoms with E-state index in [1.807, 2.05) is 5.57 Å². The van der Waals surface area contributed by atoms with Gasteiger partial charge in [-0.1, -0.05) is 76.7 Å². The Balaban J connectivity index is 1.50. The van der Waals surface area contributed by atoms with E-state index < -0.39 is 0 Å². The standard InChI is InChI=1S/C29H46O2/c1-19(2)8-7-9-20(3)25-12-13-26-24-11-10-22-18-23(31-21(4)30)14-16-28(22,5)27(24)15-17-29(25,26)6/h10,19-20,23,25-26H,7-9,11-18H2,1-6H3/t20-,23?,25-,26?,28+,29-/m1/s1. The first kappa shape index (κ1) is 23.1. The van der Waals surface area contributed by atoms with Crippen molar-refractivity contribution in [2.75, 3.05) is 0 Å². The molecule has 4 rings (SSSR count). The highest BCUT2D eigenvalue weighted by atomic mass is 16.5. The maximum absolute atomic E-state index is 11.5. The first-order chi connectivity index (χ1) is 14.6. The minimum Gasteiger partial charge on any atom is -0.462 e. The highest BCUT2D eigenvalue weighted by Gasteiger charge is 2.54. The van der Waals surface area contributed by atoms with Crippen LogP contribution in [0, 0.1) is 34.5 Å². The molecule has 2 nitrogen and oxygen atoms in total. The lowest BCUT2D eigenvalue weighted by molar-refractivity contribution is -0.147. The topological polar surface area (TPSA) is 26.3 Å². The summed E-state index contributed by atoms with van der Waals surface area (Å²) in [6.07, 6.45) is 16.6. The number of esters is 1. The predicted octanol–water partition coefficient (Wildman–Crippen LogP) is 8.02. The number of rotatable bonds is 6. The molecule has 0 aromatic heterocycles. The Hall–Kier alpha value is -1.05. The first-order valence-corrected chi connectivity index (χ1v) is 13.2. The summed E-state index contributed by atoms with van der Waals surface area (Å²) in [4.78, 5) is 11.5. The van der Waals surface area contributed by atoms with Crippen LogP contribution in [-0.4, -0.2) is 12.1 Å². The van der Waals surface area contributed by atoms with Crippen LogP contribution in [0.15, 0.2) is 22.8 Å². The van der Waals surface area contributed by atoms with Gasteiger partial charge >= 0.3 is 5.97 Å². The number of fused-ring (bicyclic) bond motifs is 4. The number of allylic oxidation sites excluding steroid dienone is 3. The third-order valence-electron chi connectivity index (χ3n) is 9.95. The second-order valence-electron chi connectivity index (χ2n) is 12.3. The molecule has 0 N–H and O–H groups in total. The average Bonchev–Trinajstić information content (AvgIpc) is 3.05. The van der Waals surface area contributed by atoms with Crippen molar-refractivity contribution < 1.29 is 9.53 Å². The summed E-state index contributed by atoms with van der Waals surface area (Å²) in [7, 11) is 0. The molecule has 0 aliphatic heterocycles. The minimum atomic E-state index is -0.127. The van der Waals surface area contributed by atoms with Gasteiger partial charge in [-0.05, 0) is 74.0 Å². The Labute approximate surface area is 191 Å². The van der Waals surface area contributed by atoms with Crippen LogP contribution >= 0.6 is 0 Å². The van der Waals surface area contributed by atoms with Crippen molar-refractivity contribution in [2.45, 2.75) is 118 Å². The molecule has 2 saturated carbocycles. The van der Waals surface area contributed by atoms with E-state index in [2.05, 4.69) is 40.7 Å². The quantitative estimate of drug-likeness (QED) is 0.317. The second kappa shape index (κ2) is 8.71. The van der Waals surface area contributed by atoms with Crippen LogP contribution in [0.1, 0.15) is 112 Å². The Bertz CT molecular complexity index is 759. The van der Waals surface area contributed by atoms with E-state index >= 15 is 0 Å². The van der Waals surface area contributed by atoms with Crippen LogP contribution in [0.25, 0.3) is 0 Å². The Morgan fingerprint density at radius 3 is 2.61 bits per heavy atom. The number of ether oxygens (including phenoxy) is 1. The molecule has 2 heteroatoms. The zero-order valence-corrected chi connectivity index (χ0v) is 21.1. The van der Waals surface area contributed by atoms with E-state index in [0.29, 0.717) is 5.41 Å². The maximum atomic E-state index is 11.5. The molecule has 0 aromatic carbocycles. The largest absolute Gasteiger partial charge is 0.462 e. The molecule has 2 unspecified atom stereocenters. The lowest BCUT2D eigenvalue weighted by Gasteiger charge is -2.52. The Morgan fingerprint density at radius 2 is 1.90 bits per heavy atom. The van der Waals surface area contributed by atoms with Crippen LogP contribution in [-0.2, 0) is 9.53 Å². The highest BCUT2D eigenvalue weighted by Crippen LogP contribution is 2.65. The van der Waals surface area contributed by atoms with Crippen molar-refractivity contribution in [3.8, 4) is 0 Å². The molecule has 174 valence electrons. The summed E-state index contributed by atoms with van der Waals surface area (Å²) in [6, 6.07) is 0. The van der Waals surface area contributed by atoms with Gasteiger partial charge in [0.05, 0.1) is 0 Å². The Kier molecular flexibility index (Phi) is 6.50. The lowest BCUT2D eigenvalue weighted by atomic mass is 9.53. The van der Waals surface area contributed by atoms with Gasteiger partial charge in [0, 0.05) is 18.8 Å². The van der Waals surface area contributed by atoms with Crippen LogP contribution in [0.5, 0.6) is 0 Å². The lowest BCUT2D eigenvalue weighted by Crippen LogP contribution is -2.42. The smallest absolute Gasteiger partial charge is 0.302 e. The zero-order chi connectivity index (χ0) is 22.4. The molecule has 4 aliphatic carbocycles. The number of hydrogen-bond donors (Lipinski definition) is 0. The van der Waals surface area contributed by atoms with E-state index in [4.69, 9.17) is 4.74 Å². The summed E-state index contributed by atoms with van der Waals surface area (Å²) < 4.78 is 5.60. The van der Waals surface area contributed by atoms with Gasteiger partial charge in [-0.2, -0.15) is 0 Å². The summed E-state index contributed by atoms with van der Waals surface area (Å²) in [5.74, 6) is 3.27. The van der Waals surface area contributed by atoms with Crippen molar-refractivity contribution in [3.63, 3.8) is 0 Å². The normalized spacial score (nSPS) is 38.3. The molecule has 0 saturated heterocycles. The molecule has 0 aromatic rings. The van der Waals surface area contributed by atoms with Gasteiger partial charge in [-0.25, -0.2) is 0 Å². The molecule has 0 radical (unpaired) electrons. The zero-order valence-electron chi connectivity index (χ0n) is 21.1. The van der Waals surface area contributed by atoms with Gasteiger partial charge < -0.3 is 4.74 Å². The molecular formula is C29H46O2. The van der Waals surface area contributed by atoms with Crippen molar-refractivity contribution in [3.05, 3.63) is 22.8 Å². The molecule has 6 atom stereocenters. The molecule has 0 bridgehead atoms. The van der Waals surface area contributed by atoms with Crippen LogP contribution in [0.3, 0.4) is 0 Å². The summed E-state index contributed by atoms with van der Waals surface area (Å²) in [5.41, 5.74) is 5.91. The van der Waals surface area contributed by atoms with Gasteiger partial charge in [-0.15, -0.1) is 0 Å². The third-order valence-corrected chi connectivity index (χ3v) is 9.95. The molecule has 0 spiro atoms. The van der Waals surface area contributed by atoms with E-state index in [1.165, 1.54) is 44.9 Å². The predicted molar refractivity (Wildman–Crippen MR) is 129 cm³/mol. The average molecular weight is 427 g/mol. The molecular weight excluding hydrogens is 380 g/mol. The summed E-state index contributed by atoms with van der Waals surface area (Å²) in [6.45, 7) is 14.0. The SMILES string of the molecule is CC(=O)OC1CC[C@@]2(C)C(=CCC3=C2CC[C@@]2(C)C3CC[C@@H]2[C@H](C)CCCC(C)C)C1. The molecule has 0 heterocycles. The molecule has 4 aliphatic rings. The first-order valence-electron chi connectivity index (χ1n) is 13.2. The molecule has 2 fully saturated rings. The maximum Gasteiger partial charge on any atom is 0.302 e. The summed E-state index contributed by atoms with van der Waals surface area (Å²) in [5, 5.41) is 0. The van der Waals surface area contributed by atoms with E-state index in [0.717, 1.165) is 49.4 Å². The van der Waals surface area contributed by atoms with E-state index in [1.54, 1.807) is 18.1 Å². The number of hydrogen-bond acceptors (Lipinski definition) is 2.